The molecule has 1 aliphatic carbocycles. The number of hydrogen-bond donors (Lipinski definition) is 1. The van der Waals surface area contributed by atoms with E-state index in [1.54, 1.807) is 12.1 Å². The number of nitrogens with one attached hydrogen (secondary N) is 1. The lowest BCUT2D eigenvalue weighted by atomic mass is 9.78. The van der Waals surface area contributed by atoms with Gasteiger partial charge in [-0.1, -0.05) is 12.1 Å². The lowest BCUT2D eigenvalue weighted by molar-refractivity contribution is 0.188. The van der Waals surface area contributed by atoms with Gasteiger partial charge in [-0.25, -0.2) is 8.78 Å². The van der Waals surface area contributed by atoms with Gasteiger partial charge in [0, 0.05) is 17.1 Å². The zero-order valence-corrected chi connectivity index (χ0v) is 9.69. The van der Waals surface area contributed by atoms with Crippen LogP contribution in [-0.2, 0) is 0 Å². The van der Waals surface area contributed by atoms with E-state index in [2.05, 4.69) is 12.2 Å². The second kappa shape index (κ2) is 4.13. The van der Waals surface area contributed by atoms with Crippen LogP contribution >= 0.6 is 0 Å². The summed E-state index contributed by atoms with van der Waals surface area (Å²) in [5.74, 6) is -1.50. The summed E-state index contributed by atoms with van der Waals surface area (Å²) in [6.45, 7) is 4.01. The Labute approximate surface area is 94.9 Å². The molecule has 16 heavy (non-hydrogen) atoms. The van der Waals surface area contributed by atoms with Crippen molar-refractivity contribution < 1.29 is 8.78 Å². The Kier molecular flexibility index (Phi) is 2.98. The van der Waals surface area contributed by atoms with Gasteiger partial charge in [0.05, 0.1) is 0 Å². The summed E-state index contributed by atoms with van der Waals surface area (Å²) in [6.07, 6.45) is 3.42. The fourth-order valence-electron chi connectivity index (χ4n) is 2.31. The maximum Gasteiger partial charge on any atom is 0.163 e. The third-order valence-electron chi connectivity index (χ3n) is 3.47. The molecule has 0 spiro atoms. The minimum atomic E-state index is -0.773. The van der Waals surface area contributed by atoms with E-state index in [1.807, 2.05) is 6.92 Å². The number of benzene rings is 1. The molecule has 0 heterocycles. The van der Waals surface area contributed by atoms with Crippen molar-refractivity contribution in [2.45, 2.75) is 44.7 Å². The molecule has 0 bridgehead atoms. The molecule has 0 aliphatic heterocycles. The van der Waals surface area contributed by atoms with E-state index < -0.39 is 11.6 Å². The molecule has 3 heteroatoms. The Morgan fingerprint density at radius 3 is 2.56 bits per heavy atom. The van der Waals surface area contributed by atoms with Gasteiger partial charge in [-0.15, -0.1) is 0 Å². The van der Waals surface area contributed by atoms with Crippen LogP contribution in [0.4, 0.5) is 8.78 Å². The van der Waals surface area contributed by atoms with Crippen LogP contribution in [0, 0.1) is 11.6 Å². The highest BCUT2D eigenvalue weighted by atomic mass is 19.2. The van der Waals surface area contributed by atoms with Gasteiger partial charge < -0.3 is 5.32 Å². The Bertz CT molecular complexity index is 386. The SMILES string of the molecule is CC(NC1(C)CCC1)c1cccc(F)c1F. The van der Waals surface area contributed by atoms with E-state index in [1.165, 1.54) is 6.42 Å². The van der Waals surface area contributed by atoms with Crippen LogP contribution in [-0.4, -0.2) is 5.54 Å². The van der Waals surface area contributed by atoms with Crippen LogP contribution < -0.4 is 5.32 Å². The smallest absolute Gasteiger partial charge is 0.163 e. The predicted molar refractivity (Wildman–Crippen MR) is 60.2 cm³/mol. The molecular formula is C13H17F2N. The van der Waals surface area contributed by atoms with Crippen LogP contribution in [0.2, 0.25) is 0 Å². The van der Waals surface area contributed by atoms with Crippen molar-refractivity contribution in [1.29, 1.82) is 0 Å². The zero-order valence-electron chi connectivity index (χ0n) is 9.69. The second-order valence-electron chi connectivity index (χ2n) is 4.92. The second-order valence-corrected chi connectivity index (χ2v) is 4.92. The molecule has 1 unspecified atom stereocenters. The molecule has 1 aromatic carbocycles. The molecule has 2 rings (SSSR count). The van der Waals surface area contributed by atoms with Crippen molar-refractivity contribution in [3.05, 3.63) is 35.4 Å². The largest absolute Gasteiger partial charge is 0.305 e. The van der Waals surface area contributed by atoms with Crippen molar-refractivity contribution in [3.63, 3.8) is 0 Å². The number of rotatable bonds is 3. The molecule has 1 fully saturated rings. The summed E-state index contributed by atoms with van der Waals surface area (Å²) >= 11 is 0. The minimum absolute atomic E-state index is 0.0954. The van der Waals surface area contributed by atoms with E-state index in [9.17, 15) is 8.78 Å². The maximum absolute atomic E-state index is 13.5. The molecule has 1 saturated carbocycles. The van der Waals surface area contributed by atoms with Crippen LogP contribution in [0.3, 0.4) is 0 Å². The maximum atomic E-state index is 13.5. The van der Waals surface area contributed by atoms with Gasteiger partial charge in [-0.2, -0.15) is 0 Å². The van der Waals surface area contributed by atoms with E-state index >= 15 is 0 Å². The summed E-state index contributed by atoms with van der Waals surface area (Å²) in [6, 6.07) is 4.19. The molecule has 0 aromatic heterocycles. The Morgan fingerprint density at radius 2 is 2.00 bits per heavy atom. The molecule has 1 N–H and O–H groups in total. The molecule has 0 radical (unpaired) electrons. The summed E-state index contributed by atoms with van der Waals surface area (Å²) in [4.78, 5) is 0. The van der Waals surface area contributed by atoms with E-state index in [4.69, 9.17) is 0 Å². The lowest BCUT2D eigenvalue weighted by Crippen LogP contribution is -2.49. The summed E-state index contributed by atoms with van der Waals surface area (Å²) in [5.41, 5.74) is 0.506. The van der Waals surface area contributed by atoms with Crippen LogP contribution in [0.15, 0.2) is 18.2 Å². The van der Waals surface area contributed by atoms with Gasteiger partial charge in [-0.3, -0.25) is 0 Å². The van der Waals surface area contributed by atoms with Gasteiger partial charge in [0.25, 0.3) is 0 Å². The fraction of sp³-hybridized carbons (Fsp3) is 0.538. The molecule has 1 aliphatic rings. The first-order valence-corrected chi connectivity index (χ1v) is 5.73. The first kappa shape index (κ1) is 11.5. The number of hydrogen-bond acceptors (Lipinski definition) is 1. The van der Waals surface area contributed by atoms with Gasteiger partial charge in [0.1, 0.15) is 0 Å². The van der Waals surface area contributed by atoms with Gasteiger partial charge in [0.15, 0.2) is 11.6 Å². The summed E-state index contributed by atoms with van der Waals surface area (Å²) < 4.78 is 26.6. The van der Waals surface area contributed by atoms with Crippen molar-refractivity contribution >= 4 is 0 Å². The van der Waals surface area contributed by atoms with Crippen molar-refractivity contribution in [1.82, 2.24) is 5.32 Å². The first-order chi connectivity index (χ1) is 7.52. The van der Waals surface area contributed by atoms with Crippen molar-refractivity contribution in [3.8, 4) is 0 Å². The Morgan fingerprint density at radius 1 is 1.31 bits per heavy atom. The lowest BCUT2D eigenvalue weighted by Gasteiger charge is -2.41. The van der Waals surface area contributed by atoms with Crippen LogP contribution in [0.1, 0.15) is 44.7 Å². The monoisotopic (exact) mass is 225 g/mol. The quantitative estimate of drug-likeness (QED) is 0.829. The first-order valence-electron chi connectivity index (χ1n) is 5.73. The third kappa shape index (κ3) is 2.09. The van der Waals surface area contributed by atoms with Crippen LogP contribution in [0.25, 0.3) is 0 Å². The predicted octanol–water partition coefficient (Wildman–Crippen LogP) is 3.56. The molecular weight excluding hydrogens is 208 g/mol. The molecule has 1 atom stereocenters. The number of halogens is 2. The van der Waals surface area contributed by atoms with Crippen molar-refractivity contribution in [2.75, 3.05) is 0 Å². The van der Waals surface area contributed by atoms with Crippen molar-refractivity contribution in [2.24, 2.45) is 0 Å². The van der Waals surface area contributed by atoms with Gasteiger partial charge in [0.2, 0.25) is 0 Å². The van der Waals surface area contributed by atoms with E-state index in [0.717, 1.165) is 18.9 Å². The molecule has 0 amide bonds. The highest BCUT2D eigenvalue weighted by Gasteiger charge is 2.33. The van der Waals surface area contributed by atoms with Crippen LogP contribution in [0.5, 0.6) is 0 Å². The Hall–Kier alpha value is -0.960. The average molecular weight is 225 g/mol. The van der Waals surface area contributed by atoms with Gasteiger partial charge >= 0.3 is 0 Å². The highest BCUT2D eigenvalue weighted by molar-refractivity contribution is 5.22. The molecule has 0 saturated heterocycles. The third-order valence-corrected chi connectivity index (χ3v) is 3.47. The van der Waals surface area contributed by atoms with Gasteiger partial charge in [-0.05, 0) is 39.2 Å². The minimum Gasteiger partial charge on any atom is -0.305 e. The topological polar surface area (TPSA) is 12.0 Å². The molecule has 1 nitrogen and oxygen atoms in total. The molecule has 1 aromatic rings. The van der Waals surface area contributed by atoms with E-state index in [0.29, 0.717) is 5.56 Å². The zero-order chi connectivity index (χ0) is 11.8. The highest BCUT2D eigenvalue weighted by Crippen LogP contribution is 2.34. The standard InChI is InChI=1S/C13H17F2N/c1-9(16-13(2)7-4-8-13)10-5-3-6-11(14)12(10)15/h3,5-6,9,16H,4,7-8H2,1-2H3. The summed E-state index contributed by atoms with van der Waals surface area (Å²) in [5, 5.41) is 3.37. The average Bonchev–Trinajstić information content (AvgIpc) is 2.19. The normalized spacial score (nSPS) is 20.2. The molecule has 88 valence electrons. The van der Waals surface area contributed by atoms with E-state index in [-0.39, 0.29) is 11.6 Å². The summed E-state index contributed by atoms with van der Waals surface area (Å²) in [7, 11) is 0. The Balaban J connectivity index is 2.14. The fourth-order valence-corrected chi connectivity index (χ4v) is 2.31.